The zero-order valence-electron chi connectivity index (χ0n) is 12.4. The number of fused-ring (bicyclic) bond motifs is 1. The summed E-state index contributed by atoms with van der Waals surface area (Å²) < 4.78 is 0. The SMILES string of the molecule is CC(=O)Nc1ccc(C2=NNC(C)c3ccc(Cl)cc32)cc1. The third kappa shape index (κ3) is 2.83. The van der Waals surface area contributed by atoms with Gasteiger partial charge in [-0.1, -0.05) is 29.8 Å². The van der Waals surface area contributed by atoms with Crippen molar-refractivity contribution >= 4 is 28.9 Å². The molecule has 0 aromatic heterocycles. The Labute approximate surface area is 134 Å². The van der Waals surface area contributed by atoms with E-state index in [0.717, 1.165) is 22.5 Å². The van der Waals surface area contributed by atoms with Crippen molar-refractivity contribution in [2.24, 2.45) is 5.10 Å². The topological polar surface area (TPSA) is 53.5 Å². The van der Waals surface area contributed by atoms with Gasteiger partial charge in [0.15, 0.2) is 0 Å². The molecule has 3 rings (SSSR count). The third-order valence-corrected chi connectivity index (χ3v) is 3.82. The van der Waals surface area contributed by atoms with Crippen LogP contribution in [0.3, 0.4) is 0 Å². The van der Waals surface area contributed by atoms with Gasteiger partial charge in [0.05, 0.1) is 11.8 Å². The number of nitrogens with zero attached hydrogens (tertiary/aromatic N) is 1. The molecule has 22 heavy (non-hydrogen) atoms. The molecule has 5 heteroatoms. The zero-order chi connectivity index (χ0) is 15.7. The number of carbonyl (C=O) groups excluding carboxylic acids is 1. The van der Waals surface area contributed by atoms with Crippen LogP contribution in [0, 0.1) is 0 Å². The van der Waals surface area contributed by atoms with E-state index in [1.807, 2.05) is 42.5 Å². The monoisotopic (exact) mass is 313 g/mol. The first-order valence-corrected chi connectivity index (χ1v) is 7.43. The van der Waals surface area contributed by atoms with Crippen LogP contribution in [0.4, 0.5) is 5.69 Å². The first-order valence-electron chi connectivity index (χ1n) is 7.05. The maximum Gasteiger partial charge on any atom is 0.221 e. The summed E-state index contributed by atoms with van der Waals surface area (Å²) in [6.07, 6.45) is 0. The molecular weight excluding hydrogens is 298 g/mol. The van der Waals surface area contributed by atoms with Crippen molar-refractivity contribution in [3.8, 4) is 0 Å². The molecule has 0 saturated carbocycles. The van der Waals surface area contributed by atoms with Crippen LogP contribution in [0.15, 0.2) is 47.6 Å². The number of rotatable bonds is 2. The lowest BCUT2D eigenvalue weighted by molar-refractivity contribution is -0.114. The molecule has 2 aromatic rings. The normalized spacial score (nSPS) is 16.3. The lowest BCUT2D eigenvalue weighted by atomic mass is 9.93. The summed E-state index contributed by atoms with van der Waals surface area (Å²) >= 11 is 6.14. The van der Waals surface area contributed by atoms with Crippen molar-refractivity contribution < 1.29 is 4.79 Å². The molecular formula is C17H16ClN3O. The van der Waals surface area contributed by atoms with Gasteiger partial charge in [-0.3, -0.25) is 4.79 Å². The van der Waals surface area contributed by atoms with Crippen LogP contribution in [-0.2, 0) is 4.79 Å². The Morgan fingerprint density at radius 3 is 2.64 bits per heavy atom. The summed E-state index contributed by atoms with van der Waals surface area (Å²) in [5, 5.41) is 7.92. The van der Waals surface area contributed by atoms with Crippen molar-refractivity contribution in [1.82, 2.24) is 5.43 Å². The summed E-state index contributed by atoms with van der Waals surface area (Å²) in [5.41, 5.74) is 7.91. The number of anilines is 1. The molecule has 4 nitrogen and oxygen atoms in total. The highest BCUT2D eigenvalue weighted by atomic mass is 35.5. The molecule has 2 N–H and O–H groups in total. The van der Waals surface area contributed by atoms with Crippen molar-refractivity contribution in [2.45, 2.75) is 19.9 Å². The van der Waals surface area contributed by atoms with E-state index >= 15 is 0 Å². The Bertz CT molecular complexity index is 753. The van der Waals surface area contributed by atoms with Gasteiger partial charge in [-0.25, -0.2) is 0 Å². The first-order chi connectivity index (χ1) is 10.5. The van der Waals surface area contributed by atoms with E-state index in [1.54, 1.807) is 0 Å². The van der Waals surface area contributed by atoms with Crippen LogP contribution in [0.5, 0.6) is 0 Å². The summed E-state index contributed by atoms with van der Waals surface area (Å²) in [6, 6.07) is 13.6. The van der Waals surface area contributed by atoms with Gasteiger partial charge >= 0.3 is 0 Å². The first kappa shape index (κ1) is 14.6. The van der Waals surface area contributed by atoms with E-state index in [0.29, 0.717) is 5.02 Å². The molecule has 112 valence electrons. The number of carbonyl (C=O) groups is 1. The second kappa shape index (κ2) is 5.81. The Morgan fingerprint density at radius 1 is 1.23 bits per heavy atom. The minimum absolute atomic E-state index is 0.0876. The minimum atomic E-state index is -0.0876. The fourth-order valence-electron chi connectivity index (χ4n) is 2.54. The summed E-state index contributed by atoms with van der Waals surface area (Å²) in [5.74, 6) is -0.0876. The highest BCUT2D eigenvalue weighted by Gasteiger charge is 2.20. The Hall–Kier alpha value is -2.33. The number of benzene rings is 2. The molecule has 2 aromatic carbocycles. The van der Waals surface area contributed by atoms with Crippen molar-refractivity contribution in [3.63, 3.8) is 0 Å². The van der Waals surface area contributed by atoms with E-state index in [9.17, 15) is 4.79 Å². The Morgan fingerprint density at radius 2 is 1.95 bits per heavy atom. The second-order valence-corrected chi connectivity index (χ2v) is 5.74. The lowest BCUT2D eigenvalue weighted by Gasteiger charge is -2.23. The van der Waals surface area contributed by atoms with E-state index in [4.69, 9.17) is 11.6 Å². The van der Waals surface area contributed by atoms with Gasteiger partial charge in [-0.2, -0.15) is 5.10 Å². The lowest BCUT2D eigenvalue weighted by Crippen LogP contribution is -2.24. The van der Waals surface area contributed by atoms with Gasteiger partial charge in [0.1, 0.15) is 0 Å². The third-order valence-electron chi connectivity index (χ3n) is 3.59. The van der Waals surface area contributed by atoms with Gasteiger partial charge < -0.3 is 10.7 Å². The molecule has 1 aliphatic rings. The van der Waals surface area contributed by atoms with Crippen molar-refractivity contribution in [1.29, 1.82) is 0 Å². The van der Waals surface area contributed by atoms with Crippen molar-refractivity contribution in [3.05, 3.63) is 64.2 Å². The molecule has 0 spiro atoms. The van der Waals surface area contributed by atoms with E-state index in [1.165, 1.54) is 12.5 Å². The quantitative estimate of drug-likeness (QED) is 0.888. The van der Waals surface area contributed by atoms with E-state index in [2.05, 4.69) is 22.8 Å². The molecule has 0 bridgehead atoms. The second-order valence-electron chi connectivity index (χ2n) is 5.30. The van der Waals surface area contributed by atoms with Crippen LogP contribution in [0.2, 0.25) is 5.02 Å². The number of hydrogen-bond acceptors (Lipinski definition) is 3. The van der Waals surface area contributed by atoms with E-state index < -0.39 is 0 Å². The van der Waals surface area contributed by atoms with Crippen LogP contribution in [-0.4, -0.2) is 11.6 Å². The predicted octanol–water partition coefficient (Wildman–Crippen LogP) is 3.72. The van der Waals surface area contributed by atoms with Crippen LogP contribution >= 0.6 is 11.6 Å². The highest BCUT2D eigenvalue weighted by molar-refractivity contribution is 6.31. The standard InChI is InChI=1S/C17H16ClN3O/c1-10-15-8-5-13(18)9-16(15)17(21-20-10)12-3-6-14(7-4-12)19-11(2)22/h3-10,20H,1-2H3,(H,19,22). The van der Waals surface area contributed by atoms with Crippen LogP contribution in [0.1, 0.15) is 36.6 Å². The zero-order valence-corrected chi connectivity index (χ0v) is 13.1. The molecule has 0 fully saturated rings. The largest absolute Gasteiger partial charge is 0.326 e. The Kier molecular flexibility index (Phi) is 3.86. The van der Waals surface area contributed by atoms with Crippen molar-refractivity contribution in [2.75, 3.05) is 5.32 Å². The molecule has 1 aliphatic heterocycles. The smallest absolute Gasteiger partial charge is 0.221 e. The maximum absolute atomic E-state index is 11.1. The van der Waals surface area contributed by atoms with Crippen LogP contribution in [0.25, 0.3) is 0 Å². The summed E-state index contributed by atoms with van der Waals surface area (Å²) in [4.78, 5) is 11.1. The van der Waals surface area contributed by atoms with E-state index in [-0.39, 0.29) is 11.9 Å². The summed E-state index contributed by atoms with van der Waals surface area (Å²) in [7, 11) is 0. The number of halogens is 1. The van der Waals surface area contributed by atoms with Crippen LogP contribution < -0.4 is 10.7 Å². The highest BCUT2D eigenvalue weighted by Crippen LogP contribution is 2.28. The van der Waals surface area contributed by atoms with Gasteiger partial charge in [-0.05, 0) is 36.8 Å². The number of amides is 1. The summed E-state index contributed by atoms with van der Waals surface area (Å²) in [6.45, 7) is 3.55. The fraction of sp³-hybridized carbons (Fsp3) is 0.176. The molecule has 1 heterocycles. The number of nitrogens with one attached hydrogen (secondary N) is 2. The Balaban J connectivity index is 1.99. The molecule has 1 unspecified atom stereocenters. The predicted molar refractivity (Wildman–Crippen MR) is 89.4 cm³/mol. The molecule has 1 amide bonds. The van der Waals surface area contributed by atoms with Gasteiger partial charge in [-0.15, -0.1) is 0 Å². The number of hydrazone groups is 1. The number of hydrogen-bond donors (Lipinski definition) is 2. The maximum atomic E-state index is 11.1. The fourth-order valence-corrected chi connectivity index (χ4v) is 2.71. The van der Waals surface area contributed by atoms with Gasteiger partial charge in [0, 0.05) is 28.8 Å². The van der Waals surface area contributed by atoms with Gasteiger partial charge in [0.25, 0.3) is 0 Å². The average Bonchev–Trinajstić information content (AvgIpc) is 2.48. The van der Waals surface area contributed by atoms with Gasteiger partial charge in [0.2, 0.25) is 5.91 Å². The molecule has 0 saturated heterocycles. The molecule has 0 radical (unpaired) electrons. The average molecular weight is 314 g/mol. The minimum Gasteiger partial charge on any atom is -0.326 e. The molecule has 1 atom stereocenters. The molecule has 0 aliphatic carbocycles.